The Hall–Kier alpha value is -1.90. The monoisotopic (exact) mass is 394 g/mol. The molecule has 7 nitrogen and oxygen atoms in total. The molecule has 9 heteroatoms. The maximum atomic E-state index is 13.3. The molecule has 3 heterocycles. The van der Waals surface area contributed by atoms with E-state index in [0.29, 0.717) is 23.7 Å². The summed E-state index contributed by atoms with van der Waals surface area (Å²) < 4.78 is 28.3. The van der Waals surface area contributed by atoms with E-state index in [9.17, 15) is 13.2 Å². The second-order valence-electron chi connectivity index (χ2n) is 6.74. The van der Waals surface area contributed by atoms with Crippen LogP contribution in [0.2, 0.25) is 5.02 Å². The number of piperidine rings is 1. The third kappa shape index (κ3) is 2.82. The number of carbonyl (C=O) groups is 1. The topological polar surface area (TPSA) is 95.2 Å². The van der Waals surface area contributed by atoms with Crippen LogP contribution < -0.4 is 5.32 Å². The first-order valence-electron chi connectivity index (χ1n) is 8.52. The summed E-state index contributed by atoms with van der Waals surface area (Å²) in [5.41, 5.74) is 1.69. The van der Waals surface area contributed by atoms with E-state index in [0.717, 1.165) is 24.1 Å². The van der Waals surface area contributed by atoms with Crippen LogP contribution in [0.25, 0.3) is 0 Å². The molecule has 2 atom stereocenters. The first kappa shape index (κ1) is 17.5. The number of sulfonamides is 1. The fraction of sp³-hybridized carbons (Fsp3) is 0.412. The van der Waals surface area contributed by atoms with Gasteiger partial charge in [0.2, 0.25) is 15.9 Å². The zero-order valence-corrected chi connectivity index (χ0v) is 15.8. The average molecular weight is 395 g/mol. The molecule has 1 amide bonds. The van der Waals surface area contributed by atoms with Crippen molar-refractivity contribution in [3.8, 4) is 0 Å². The summed E-state index contributed by atoms with van der Waals surface area (Å²) in [6.07, 6.45) is 3.00. The number of H-pyrrole nitrogens is 1. The van der Waals surface area contributed by atoms with Crippen LogP contribution >= 0.6 is 11.6 Å². The van der Waals surface area contributed by atoms with E-state index in [1.165, 1.54) is 19.1 Å². The Labute approximate surface area is 156 Å². The normalized spacial score (nSPS) is 22.7. The molecular weight excluding hydrogens is 376 g/mol. The molecule has 2 aliphatic heterocycles. The lowest BCUT2D eigenvalue weighted by atomic mass is 9.85. The summed E-state index contributed by atoms with van der Waals surface area (Å²) in [5, 5.41) is 10.4. The fourth-order valence-corrected chi connectivity index (χ4v) is 5.98. The van der Waals surface area contributed by atoms with Gasteiger partial charge in [-0.1, -0.05) is 11.6 Å². The van der Waals surface area contributed by atoms with E-state index in [1.807, 2.05) is 0 Å². The number of hydrogen-bond donors (Lipinski definition) is 2. The summed E-state index contributed by atoms with van der Waals surface area (Å²) in [4.78, 5) is 11.7. The molecule has 2 bridgehead atoms. The Bertz CT molecular complexity index is 955. The van der Waals surface area contributed by atoms with Crippen LogP contribution in [0.3, 0.4) is 0 Å². The van der Waals surface area contributed by atoms with Crippen LogP contribution in [-0.2, 0) is 21.2 Å². The van der Waals surface area contributed by atoms with Gasteiger partial charge in [0.25, 0.3) is 0 Å². The maximum absolute atomic E-state index is 13.3. The number of rotatable bonds is 3. The number of nitrogens with zero attached hydrogens (tertiary/aromatic N) is 2. The second-order valence-corrected chi connectivity index (χ2v) is 9.02. The number of aromatic amines is 1. The quantitative estimate of drug-likeness (QED) is 0.836. The molecule has 26 heavy (non-hydrogen) atoms. The van der Waals surface area contributed by atoms with Gasteiger partial charge in [0.15, 0.2) is 5.82 Å². The third-order valence-corrected chi connectivity index (χ3v) is 7.25. The van der Waals surface area contributed by atoms with Crippen molar-refractivity contribution in [1.82, 2.24) is 14.5 Å². The first-order chi connectivity index (χ1) is 12.4. The maximum Gasteiger partial charge on any atom is 0.243 e. The molecule has 2 unspecified atom stereocenters. The number of carbonyl (C=O) groups excluding carboxylic acids is 1. The van der Waals surface area contributed by atoms with Crippen molar-refractivity contribution >= 4 is 33.3 Å². The molecule has 4 rings (SSSR count). The minimum atomic E-state index is -3.68. The molecule has 138 valence electrons. The molecule has 1 aromatic carbocycles. The molecule has 2 aliphatic rings. The highest BCUT2D eigenvalue weighted by atomic mass is 35.5. The van der Waals surface area contributed by atoms with Crippen LogP contribution in [0.1, 0.15) is 43.5 Å². The first-order valence-corrected chi connectivity index (χ1v) is 10.3. The van der Waals surface area contributed by atoms with Crippen molar-refractivity contribution in [2.45, 2.75) is 49.6 Å². The molecule has 0 spiro atoms. The van der Waals surface area contributed by atoms with Crippen molar-refractivity contribution in [1.29, 1.82) is 0 Å². The highest BCUT2D eigenvalue weighted by Crippen LogP contribution is 2.46. The lowest BCUT2D eigenvalue weighted by Gasteiger charge is -2.44. The van der Waals surface area contributed by atoms with E-state index in [-0.39, 0.29) is 22.9 Å². The predicted octanol–water partition coefficient (Wildman–Crippen LogP) is 2.86. The second kappa shape index (κ2) is 6.37. The lowest BCUT2D eigenvalue weighted by molar-refractivity contribution is -0.114. The number of fused-ring (bicyclic) bond motifs is 4. The number of amides is 1. The van der Waals surface area contributed by atoms with Crippen LogP contribution in [-0.4, -0.2) is 34.9 Å². The smallest absolute Gasteiger partial charge is 0.243 e. The molecule has 2 aromatic rings. The Kier molecular flexibility index (Phi) is 4.29. The zero-order chi connectivity index (χ0) is 18.5. The van der Waals surface area contributed by atoms with Crippen molar-refractivity contribution in [3.63, 3.8) is 0 Å². The van der Waals surface area contributed by atoms with Crippen LogP contribution in [0.15, 0.2) is 29.2 Å². The summed E-state index contributed by atoms with van der Waals surface area (Å²) in [6, 6.07) is 5.78. The number of aromatic nitrogens is 2. The summed E-state index contributed by atoms with van der Waals surface area (Å²) in [7, 11) is -3.68. The Balaban J connectivity index is 1.79. The van der Waals surface area contributed by atoms with E-state index < -0.39 is 10.0 Å². The molecule has 1 aromatic heterocycles. The van der Waals surface area contributed by atoms with Gasteiger partial charge in [-0.15, -0.1) is 0 Å². The fourth-order valence-electron chi connectivity index (χ4n) is 4.01. The van der Waals surface area contributed by atoms with Crippen LogP contribution in [0, 0.1) is 0 Å². The van der Waals surface area contributed by atoms with E-state index in [2.05, 4.69) is 15.5 Å². The van der Waals surface area contributed by atoms with E-state index in [4.69, 9.17) is 11.6 Å². The molecule has 1 fully saturated rings. The third-order valence-electron chi connectivity index (χ3n) is 5.02. The van der Waals surface area contributed by atoms with Crippen LogP contribution in [0.4, 0.5) is 5.82 Å². The summed E-state index contributed by atoms with van der Waals surface area (Å²) in [5.74, 6) is 0.193. The minimum absolute atomic E-state index is 0.118. The Morgan fingerprint density at radius 2 is 2.04 bits per heavy atom. The van der Waals surface area contributed by atoms with Crippen molar-refractivity contribution in [2.75, 3.05) is 5.32 Å². The van der Waals surface area contributed by atoms with Gasteiger partial charge in [-0.2, -0.15) is 9.40 Å². The van der Waals surface area contributed by atoms with Gasteiger partial charge in [0.05, 0.1) is 10.9 Å². The molecule has 1 saturated heterocycles. The Morgan fingerprint density at radius 1 is 1.31 bits per heavy atom. The summed E-state index contributed by atoms with van der Waals surface area (Å²) >= 11 is 5.90. The number of anilines is 1. The molecule has 0 saturated carbocycles. The van der Waals surface area contributed by atoms with Gasteiger partial charge in [-0.3, -0.25) is 9.89 Å². The molecule has 0 radical (unpaired) electrons. The largest absolute Gasteiger partial charge is 0.309 e. The molecular formula is C17H19ClN4O3S. The number of halogens is 1. The predicted molar refractivity (Wildman–Crippen MR) is 97.5 cm³/mol. The number of hydrogen-bond acceptors (Lipinski definition) is 4. The van der Waals surface area contributed by atoms with E-state index in [1.54, 1.807) is 16.4 Å². The lowest BCUT2D eigenvalue weighted by Crippen LogP contribution is -2.49. The highest BCUT2D eigenvalue weighted by Gasteiger charge is 2.46. The summed E-state index contributed by atoms with van der Waals surface area (Å²) in [6.45, 7) is 1.41. The van der Waals surface area contributed by atoms with Gasteiger partial charge in [-0.05, 0) is 43.5 Å². The van der Waals surface area contributed by atoms with Gasteiger partial charge < -0.3 is 5.32 Å². The molecule has 0 aliphatic carbocycles. The minimum Gasteiger partial charge on any atom is -0.309 e. The highest BCUT2D eigenvalue weighted by molar-refractivity contribution is 7.89. The van der Waals surface area contributed by atoms with Gasteiger partial charge in [0, 0.05) is 35.7 Å². The van der Waals surface area contributed by atoms with Crippen LogP contribution in [0.5, 0.6) is 0 Å². The van der Waals surface area contributed by atoms with Crippen molar-refractivity contribution in [2.24, 2.45) is 0 Å². The SMILES string of the molecule is CC(=O)Nc1n[nH]c2c1C1CCCC(C2)N1S(=O)(=O)c1ccc(Cl)cc1. The molecule has 2 N–H and O–H groups in total. The number of nitrogens with one attached hydrogen (secondary N) is 2. The van der Waals surface area contributed by atoms with Gasteiger partial charge >= 0.3 is 0 Å². The number of benzene rings is 1. The van der Waals surface area contributed by atoms with Gasteiger partial charge in [0.1, 0.15) is 0 Å². The van der Waals surface area contributed by atoms with Crippen molar-refractivity contribution in [3.05, 3.63) is 40.5 Å². The average Bonchev–Trinajstić information content (AvgIpc) is 2.96. The standard InChI is InChI=1S/C17H19ClN4O3S/c1-10(23)19-17-16-14(20-21-17)9-12-3-2-4-15(16)22(12)26(24,25)13-7-5-11(18)6-8-13/h5-8,12,15H,2-4,9H2,1H3,(H2,19,20,21,23). The van der Waals surface area contributed by atoms with Gasteiger partial charge in [-0.25, -0.2) is 8.42 Å². The van der Waals surface area contributed by atoms with E-state index >= 15 is 0 Å². The zero-order valence-electron chi connectivity index (χ0n) is 14.2. The van der Waals surface area contributed by atoms with Crippen molar-refractivity contribution < 1.29 is 13.2 Å². The Morgan fingerprint density at radius 3 is 2.73 bits per heavy atom.